The Morgan fingerprint density at radius 2 is 1.38 bits per heavy atom. The molecule has 0 saturated carbocycles. The quantitative estimate of drug-likeness (QED) is 0.167. The van der Waals surface area contributed by atoms with E-state index in [1.807, 2.05) is 0 Å². The Bertz CT molecular complexity index is 424. The molecule has 170 valence electrons. The molecule has 0 aromatic rings. The third-order valence-corrected chi connectivity index (χ3v) is 5.25. The summed E-state index contributed by atoms with van der Waals surface area (Å²) in [6.07, 6.45) is 23.6. The van der Waals surface area contributed by atoms with Gasteiger partial charge in [0, 0.05) is 13.0 Å². The smallest absolute Gasteiger partial charge is 0.320 e. The van der Waals surface area contributed by atoms with Crippen molar-refractivity contribution in [3.8, 4) is 0 Å². The van der Waals surface area contributed by atoms with Crippen molar-refractivity contribution in [2.24, 2.45) is 5.73 Å². The van der Waals surface area contributed by atoms with Crippen LogP contribution in [0.4, 0.5) is 0 Å². The number of rotatable bonds is 21. The lowest BCUT2D eigenvalue weighted by molar-refractivity contribution is -0.138. The number of allylic oxidation sites excluding steroid dienone is 2. The van der Waals surface area contributed by atoms with Crippen molar-refractivity contribution in [2.75, 3.05) is 6.54 Å². The van der Waals surface area contributed by atoms with Crippen LogP contribution < -0.4 is 11.1 Å². The molecular formula is C24H46N2O3. The molecule has 0 bridgehead atoms. The molecule has 0 spiro atoms. The standard InChI is InChI=1S/C24H46N2O3/c1-2-3-4-5-6-7-8-9-10-11-12-13-14-15-16-20-23(27)26-21-18-17-19-22(25)24(28)29/h9-10,22H,2-8,11-21,25H2,1H3,(H,26,27)(H,28,29)/t22-/m0/s1. The van der Waals surface area contributed by atoms with Crippen molar-refractivity contribution in [1.82, 2.24) is 5.32 Å². The fraction of sp³-hybridized carbons (Fsp3) is 0.833. The number of nitrogens with one attached hydrogen (secondary N) is 1. The first-order valence-corrected chi connectivity index (χ1v) is 12.0. The fourth-order valence-corrected chi connectivity index (χ4v) is 3.29. The normalized spacial score (nSPS) is 12.3. The van der Waals surface area contributed by atoms with Gasteiger partial charge >= 0.3 is 5.97 Å². The highest BCUT2D eigenvalue weighted by atomic mass is 16.4. The molecular weight excluding hydrogens is 364 g/mol. The number of aliphatic carboxylic acids is 1. The second kappa shape index (κ2) is 21.4. The van der Waals surface area contributed by atoms with Crippen molar-refractivity contribution >= 4 is 11.9 Å². The molecule has 5 heteroatoms. The zero-order valence-electron chi connectivity index (χ0n) is 18.8. The highest BCUT2D eigenvalue weighted by Gasteiger charge is 2.10. The van der Waals surface area contributed by atoms with Crippen LogP contribution in [0.5, 0.6) is 0 Å². The lowest BCUT2D eigenvalue weighted by Crippen LogP contribution is -2.30. The van der Waals surface area contributed by atoms with E-state index in [0.717, 1.165) is 25.7 Å². The first-order chi connectivity index (χ1) is 14.1. The van der Waals surface area contributed by atoms with Crippen LogP contribution in [0, 0.1) is 0 Å². The molecule has 1 atom stereocenters. The summed E-state index contributed by atoms with van der Waals surface area (Å²) in [6, 6.07) is -0.790. The minimum Gasteiger partial charge on any atom is -0.480 e. The van der Waals surface area contributed by atoms with Crippen LogP contribution in [0.2, 0.25) is 0 Å². The van der Waals surface area contributed by atoms with Gasteiger partial charge in [-0.05, 0) is 51.4 Å². The Morgan fingerprint density at radius 1 is 0.828 bits per heavy atom. The summed E-state index contributed by atoms with van der Waals surface area (Å²) in [7, 11) is 0. The summed E-state index contributed by atoms with van der Waals surface area (Å²) in [5.74, 6) is -0.858. The van der Waals surface area contributed by atoms with E-state index >= 15 is 0 Å². The largest absolute Gasteiger partial charge is 0.480 e. The molecule has 0 fully saturated rings. The van der Waals surface area contributed by atoms with Crippen LogP contribution in [-0.4, -0.2) is 29.6 Å². The number of hydrogen-bond acceptors (Lipinski definition) is 3. The summed E-state index contributed by atoms with van der Waals surface area (Å²) >= 11 is 0. The maximum absolute atomic E-state index is 11.7. The summed E-state index contributed by atoms with van der Waals surface area (Å²) in [5, 5.41) is 11.6. The predicted molar refractivity (Wildman–Crippen MR) is 122 cm³/mol. The van der Waals surface area contributed by atoms with Gasteiger partial charge in [0.2, 0.25) is 5.91 Å². The molecule has 5 nitrogen and oxygen atoms in total. The molecule has 4 N–H and O–H groups in total. The predicted octanol–water partition coefficient (Wildman–Crippen LogP) is 5.72. The minimum absolute atomic E-state index is 0.102. The number of carboxylic acid groups (broad SMARTS) is 1. The maximum atomic E-state index is 11.7. The van der Waals surface area contributed by atoms with Crippen LogP contribution in [-0.2, 0) is 9.59 Å². The van der Waals surface area contributed by atoms with E-state index in [2.05, 4.69) is 24.4 Å². The van der Waals surface area contributed by atoms with E-state index < -0.39 is 12.0 Å². The number of amides is 1. The van der Waals surface area contributed by atoms with E-state index in [1.54, 1.807) is 0 Å². The first-order valence-electron chi connectivity index (χ1n) is 12.0. The van der Waals surface area contributed by atoms with Crippen LogP contribution in [0.3, 0.4) is 0 Å². The Kier molecular flexibility index (Phi) is 20.3. The van der Waals surface area contributed by atoms with Crippen molar-refractivity contribution in [3.63, 3.8) is 0 Å². The average Bonchev–Trinajstić information content (AvgIpc) is 2.70. The first kappa shape index (κ1) is 27.6. The number of carboxylic acids is 1. The molecule has 0 saturated heterocycles. The van der Waals surface area contributed by atoms with Gasteiger partial charge in [0.05, 0.1) is 0 Å². The number of nitrogens with two attached hydrogens (primary N) is 1. The van der Waals surface area contributed by atoms with E-state index in [0.29, 0.717) is 19.4 Å². The van der Waals surface area contributed by atoms with Crippen molar-refractivity contribution in [1.29, 1.82) is 0 Å². The summed E-state index contributed by atoms with van der Waals surface area (Å²) in [6.45, 7) is 2.87. The fourth-order valence-electron chi connectivity index (χ4n) is 3.29. The van der Waals surface area contributed by atoms with Gasteiger partial charge in [0.1, 0.15) is 6.04 Å². The highest BCUT2D eigenvalue weighted by molar-refractivity contribution is 5.75. The lowest BCUT2D eigenvalue weighted by atomic mass is 10.1. The number of carbonyl (C=O) groups excluding carboxylic acids is 1. The Labute approximate surface area is 178 Å². The Balaban J connectivity index is 3.28. The van der Waals surface area contributed by atoms with Crippen molar-refractivity contribution in [2.45, 2.75) is 122 Å². The van der Waals surface area contributed by atoms with Gasteiger partial charge in [0.15, 0.2) is 0 Å². The third kappa shape index (κ3) is 21.2. The van der Waals surface area contributed by atoms with Gasteiger partial charge in [-0.25, -0.2) is 0 Å². The Morgan fingerprint density at radius 3 is 1.97 bits per heavy atom. The van der Waals surface area contributed by atoms with Gasteiger partial charge in [-0.3, -0.25) is 9.59 Å². The molecule has 0 radical (unpaired) electrons. The van der Waals surface area contributed by atoms with Crippen LogP contribution in [0.25, 0.3) is 0 Å². The zero-order chi connectivity index (χ0) is 21.6. The van der Waals surface area contributed by atoms with E-state index in [-0.39, 0.29) is 5.91 Å². The number of unbranched alkanes of at least 4 members (excludes halogenated alkanes) is 12. The molecule has 0 aliphatic heterocycles. The van der Waals surface area contributed by atoms with E-state index in [1.165, 1.54) is 70.6 Å². The van der Waals surface area contributed by atoms with Gasteiger partial charge < -0.3 is 16.2 Å². The van der Waals surface area contributed by atoms with Gasteiger partial charge in [0.25, 0.3) is 0 Å². The van der Waals surface area contributed by atoms with Gasteiger partial charge in [-0.1, -0.05) is 70.4 Å². The monoisotopic (exact) mass is 410 g/mol. The average molecular weight is 411 g/mol. The number of carbonyl (C=O) groups is 2. The van der Waals surface area contributed by atoms with Crippen molar-refractivity contribution < 1.29 is 14.7 Å². The van der Waals surface area contributed by atoms with Crippen LogP contribution >= 0.6 is 0 Å². The van der Waals surface area contributed by atoms with Crippen molar-refractivity contribution in [3.05, 3.63) is 12.2 Å². The highest BCUT2D eigenvalue weighted by Crippen LogP contribution is 2.10. The molecule has 29 heavy (non-hydrogen) atoms. The molecule has 0 rings (SSSR count). The number of hydrogen-bond donors (Lipinski definition) is 3. The summed E-state index contributed by atoms with van der Waals surface area (Å²) in [5.41, 5.74) is 5.44. The second-order valence-electron chi connectivity index (χ2n) is 8.12. The third-order valence-electron chi connectivity index (χ3n) is 5.25. The molecule has 0 unspecified atom stereocenters. The minimum atomic E-state index is -0.960. The topological polar surface area (TPSA) is 92.4 Å². The van der Waals surface area contributed by atoms with Crippen LogP contribution in [0.15, 0.2) is 12.2 Å². The van der Waals surface area contributed by atoms with Gasteiger partial charge in [-0.2, -0.15) is 0 Å². The zero-order valence-corrected chi connectivity index (χ0v) is 18.8. The molecule has 1 amide bonds. The lowest BCUT2D eigenvalue weighted by Gasteiger charge is -2.07. The molecule has 0 aromatic carbocycles. The van der Waals surface area contributed by atoms with E-state index in [9.17, 15) is 9.59 Å². The van der Waals surface area contributed by atoms with Crippen LogP contribution in [0.1, 0.15) is 116 Å². The molecule has 0 heterocycles. The molecule has 0 aliphatic carbocycles. The molecule has 0 aromatic heterocycles. The maximum Gasteiger partial charge on any atom is 0.320 e. The summed E-state index contributed by atoms with van der Waals surface area (Å²) in [4.78, 5) is 22.3. The second-order valence-corrected chi connectivity index (χ2v) is 8.12. The molecule has 0 aliphatic rings. The summed E-state index contributed by atoms with van der Waals surface area (Å²) < 4.78 is 0. The van der Waals surface area contributed by atoms with Gasteiger partial charge in [-0.15, -0.1) is 0 Å². The Hall–Kier alpha value is -1.36. The van der Waals surface area contributed by atoms with E-state index in [4.69, 9.17) is 10.8 Å². The SMILES string of the molecule is CCCCCCCCC=CCCCCCCCC(=O)NCCCC[C@H](N)C(=O)O.